The first-order valence-electron chi connectivity index (χ1n) is 7.32. The predicted octanol–water partition coefficient (Wildman–Crippen LogP) is 3.10. The fraction of sp³-hybridized carbons (Fsp3) is 0.176. The van der Waals surface area contributed by atoms with Crippen LogP contribution in [0.4, 0.5) is 5.69 Å². The molecule has 8 heteroatoms. The fourth-order valence-corrected chi connectivity index (χ4v) is 2.39. The maximum atomic E-state index is 11.8. The molecule has 3 N–H and O–H groups in total. The molecule has 0 bridgehead atoms. The Morgan fingerprint density at radius 1 is 1.28 bits per heavy atom. The molecule has 2 rings (SSSR count). The van der Waals surface area contributed by atoms with Gasteiger partial charge in [0.05, 0.1) is 13.3 Å². The van der Waals surface area contributed by atoms with E-state index in [4.69, 9.17) is 14.7 Å². The van der Waals surface area contributed by atoms with E-state index >= 15 is 0 Å². The standard InChI is InChI=1S/C17H18BrN3O4/c1-11-3-5-16(14(7-11)21-23)25-10-17(22)20-19-9-12-8-13(18)4-6-15(12)24-2/h3-9,21,23H,10H2,1-2H3,(H,20,22)/b19-9+. The molecule has 0 aliphatic heterocycles. The second kappa shape index (κ2) is 9.05. The van der Waals surface area contributed by atoms with Gasteiger partial charge in [0, 0.05) is 10.0 Å². The molecule has 2 aromatic carbocycles. The number of methoxy groups -OCH3 is 1. The fourth-order valence-electron chi connectivity index (χ4n) is 2.01. The first kappa shape index (κ1) is 18.8. The molecule has 1 amide bonds. The Kier molecular flexibility index (Phi) is 6.79. The smallest absolute Gasteiger partial charge is 0.277 e. The van der Waals surface area contributed by atoms with Gasteiger partial charge in [0.1, 0.15) is 17.2 Å². The van der Waals surface area contributed by atoms with E-state index < -0.39 is 5.91 Å². The zero-order valence-corrected chi connectivity index (χ0v) is 15.3. The lowest BCUT2D eigenvalue weighted by molar-refractivity contribution is -0.123. The van der Waals surface area contributed by atoms with E-state index in [0.29, 0.717) is 22.7 Å². The highest BCUT2D eigenvalue weighted by molar-refractivity contribution is 9.10. The number of anilines is 1. The molecule has 0 unspecified atom stereocenters. The Balaban J connectivity index is 1.92. The van der Waals surface area contributed by atoms with Crippen LogP contribution >= 0.6 is 15.9 Å². The molecule has 25 heavy (non-hydrogen) atoms. The Hall–Kier alpha value is -2.58. The van der Waals surface area contributed by atoms with Crippen LogP contribution in [0.1, 0.15) is 11.1 Å². The van der Waals surface area contributed by atoms with Gasteiger partial charge in [0.2, 0.25) is 0 Å². The molecule has 7 nitrogen and oxygen atoms in total. The van der Waals surface area contributed by atoms with E-state index in [1.165, 1.54) is 6.21 Å². The molecular weight excluding hydrogens is 390 g/mol. The number of halogens is 1. The molecule has 0 aliphatic carbocycles. The van der Waals surface area contributed by atoms with E-state index in [0.717, 1.165) is 10.0 Å². The number of amides is 1. The summed E-state index contributed by atoms with van der Waals surface area (Å²) in [7, 11) is 1.56. The Morgan fingerprint density at radius 3 is 2.76 bits per heavy atom. The third-order valence-electron chi connectivity index (χ3n) is 3.20. The van der Waals surface area contributed by atoms with E-state index in [-0.39, 0.29) is 6.61 Å². The third kappa shape index (κ3) is 5.47. The van der Waals surface area contributed by atoms with Crippen molar-refractivity contribution in [3.8, 4) is 11.5 Å². The van der Waals surface area contributed by atoms with Gasteiger partial charge < -0.3 is 9.47 Å². The van der Waals surface area contributed by atoms with Gasteiger partial charge in [-0.1, -0.05) is 22.0 Å². The molecule has 132 valence electrons. The van der Waals surface area contributed by atoms with Gasteiger partial charge in [0.25, 0.3) is 5.91 Å². The maximum absolute atomic E-state index is 11.8. The normalized spacial score (nSPS) is 10.6. The second-order valence-corrected chi connectivity index (χ2v) is 6.00. The highest BCUT2D eigenvalue weighted by Gasteiger charge is 2.07. The summed E-state index contributed by atoms with van der Waals surface area (Å²) in [4.78, 5) is 11.8. The first-order valence-corrected chi connectivity index (χ1v) is 8.11. The molecule has 0 spiro atoms. The minimum atomic E-state index is -0.435. The van der Waals surface area contributed by atoms with Crippen molar-refractivity contribution < 1.29 is 19.5 Å². The minimum absolute atomic E-state index is 0.245. The van der Waals surface area contributed by atoms with Gasteiger partial charge in [-0.05, 0) is 42.8 Å². The summed E-state index contributed by atoms with van der Waals surface area (Å²) in [5, 5.41) is 13.0. The van der Waals surface area contributed by atoms with Crippen molar-refractivity contribution in [2.45, 2.75) is 6.92 Å². The largest absolute Gasteiger partial charge is 0.496 e. The summed E-state index contributed by atoms with van der Waals surface area (Å²) in [6.07, 6.45) is 1.48. The van der Waals surface area contributed by atoms with Gasteiger partial charge in [-0.15, -0.1) is 0 Å². The van der Waals surface area contributed by atoms with Crippen LogP contribution in [-0.4, -0.2) is 31.0 Å². The maximum Gasteiger partial charge on any atom is 0.277 e. The summed E-state index contributed by atoms with van der Waals surface area (Å²) < 4.78 is 11.5. The number of carbonyl (C=O) groups excluding carboxylic acids is 1. The molecule has 0 aromatic heterocycles. The number of hydrazone groups is 1. The molecule has 0 atom stereocenters. The lowest BCUT2D eigenvalue weighted by Gasteiger charge is -2.10. The number of benzene rings is 2. The van der Waals surface area contributed by atoms with E-state index in [2.05, 4.69) is 26.5 Å². The van der Waals surface area contributed by atoms with E-state index in [1.54, 1.807) is 25.3 Å². The highest BCUT2D eigenvalue weighted by Crippen LogP contribution is 2.25. The number of hydrogen-bond acceptors (Lipinski definition) is 6. The lowest BCUT2D eigenvalue weighted by Crippen LogP contribution is -2.24. The molecule has 0 radical (unpaired) electrons. The van der Waals surface area contributed by atoms with Gasteiger partial charge in [0.15, 0.2) is 6.61 Å². The highest BCUT2D eigenvalue weighted by atomic mass is 79.9. The van der Waals surface area contributed by atoms with Crippen molar-refractivity contribution in [2.24, 2.45) is 5.10 Å². The first-order chi connectivity index (χ1) is 12.0. The van der Waals surface area contributed by atoms with Crippen molar-refractivity contribution in [3.63, 3.8) is 0 Å². The number of rotatable bonds is 7. The van der Waals surface area contributed by atoms with Gasteiger partial charge in [-0.3, -0.25) is 15.5 Å². The van der Waals surface area contributed by atoms with Gasteiger partial charge in [-0.2, -0.15) is 5.10 Å². The van der Waals surface area contributed by atoms with Crippen LogP contribution in [0, 0.1) is 6.92 Å². The SMILES string of the molecule is COc1ccc(Br)cc1/C=N/NC(=O)COc1ccc(C)cc1NO. The molecular formula is C17H18BrN3O4. The van der Waals surface area contributed by atoms with Gasteiger partial charge >= 0.3 is 0 Å². The van der Waals surface area contributed by atoms with E-state index in [9.17, 15) is 4.79 Å². The van der Waals surface area contributed by atoms with Crippen molar-refractivity contribution in [1.82, 2.24) is 5.43 Å². The summed E-state index contributed by atoms with van der Waals surface area (Å²) in [5.74, 6) is 0.561. The van der Waals surface area contributed by atoms with Crippen molar-refractivity contribution in [2.75, 3.05) is 19.2 Å². The lowest BCUT2D eigenvalue weighted by atomic mass is 10.2. The molecule has 0 aliphatic rings. The topological polar surface area (TPSA) is 92.2 Å². The molecule has 0 saturated heterocycles. The van der Waals surface area contributed by atoms with Crippen LogP contribution in [0.2, 0.25) is 0 Å². The number of ether oxygens (including phenoxy) is 2. The zero-order valence-electron chi connectivity index (χ0n) is 13.7. The molecule has 2 aromatic rings. The van der Waals surface area contributed by atoms with Crippen molar-refractivity contribution in [1.29, 1.82) is 0 Å². The number of nitrogens with zero attached hydrogens (tertiary/aromatic N) is 1. The van der Waals surface area contributed by atoms with Crippen LogP contribution in [-0.2, 0) is 4.79 Å². The summed E-state index contributed by atoms with van der Waals surface area (Å²) in [6, 6.07) is 10.6. The number of carbonyl (C=O) groups is 1. The number of nitrogens with one attached hydrogen (secondary N) is 2. The monoisotopic (exact) mass is 407 g/mol. The molecule has 0 saturated carbocycles. The summed E-state index contributed by atoms with van der Waals surface area (Å²) in [6.45, 7) is 1.63. The third-order valence-corrected chi connectivity index (χ3v) is 3.69. The Labute approximate surface area is 153 Å². The summed E-state index contributed by atoms with van der Waals surface area (Å²) >= 11 is 3.36. The van der Waals surface area contributed by atoms with Crippen molar-refractivity contribution in [3.05, 3.63) is 52.0 Å². The van der Waals surface area contributed by atoms with Crippen LogP contribution < -0.4 is 20.4 Å². The Bertz CT molecular complexity index is 780. The average molecular weight is 408 g/mol. The van der Waals surface area contributed by atoms with Crippen molar-refractivity contribution >= 4 is 33.7 Å². The van der Waals surface area contributed by atoms with Crippen LogP contribution in [0.15, 0.2) is 46.0 Å². The Morgan fingerprint density at radius 2 is 2.04 bits per heavy atom. The number of aryl methyl sites for hydroxylation is 1. The minimum Gasteiger partial charge on any atom is -0.496 e. The van der Waals surface area contributed by atoms with E-state index in [1.807, 2.05) is 30.6 Å². The van der Waals surface area contributed by atoms with Crippen LogP contribution in [0.5, 0.6) is 11.5 Å². The summed E-state index contributed by atoms with van der Waals surface area (Å²) in [5.41, 5.74) is 6.45. The molecule has 0 fully saturated rings. The average Bonchev–Trinajstić information content (AvgIpc) is 2.60. The molecule has 0 heterocycles. The zero-order chi connectivity index (χ0) is 18.2. The quantitative estimate of drug-likeness (QED) is 0.484. The van der Waals surface area contributed by atoms with Gasteiger partial charge in [-0.25, -0.2) is 5.43 Å². The number of hydrogen-bond donors (Lipinski definition) is 3. The van der Waals surface area contributed by atoms with Crippen LogP contribution in [0.25, 0.3) is 0 Å². The van der Waals surface area contributed by atoms with Crippen LogP contribution in [0.3, 0.4) is 0 Å². The predicted molar refractivity (Wildman–Crippen MR) is 98.5 cm³/mol. The second-order valence-electron chi connectivity index (χ2n) is 5.08.